The molecule has 2 aromatic rings. The highest BCUT2D eigenvalue weighted by Gasteiger charge is 2.16. The van der Waals surface area contributed by atoms with E-state index in [1.165, 1.54) is 0 Å². The van der Waals surface area contributed by atoms with Crippen molar-refractivity contribution in [3.8, 4) is 0 Å². The number of hydrogen-bond donors (Lipinski definition) is 1. The van der Waals surface area contributed by atoms with Crippen molar-refractivity contribution in [3.05, 3.63) is 23.2 Å². The molecule has 1 aromatic heterocycles. The molecule has 2 rings (SSSR count). The van der Waals surface area contributed by atoms with Crippen LogP contribution < -0.4 is 5.73 Å². The molecule has 0 aliphatic carbocycles. The maximum Gasteiger partial charge on any atom is 0.201 e. The summed E-state index contributed by atoms with van der Waals surface area (Å²) in [5.41, 5.74) is 7.79. The predicted octanol–water partition coefficient (Wildman–Crippen LogP) is 3.63. The van der Waals surface area contributed by atoms with Crippen LogP contribution in [0, 0.1) is 0 Å². The SMILES string of the molecule is CCC(CC)n1c(N)nc2cccc(Cl)c21. The minimum absolute atomic E-state index is 0.366. The molecule has 0 atom stereocenters. The zero-order valence-corrected chi connectivity index (χ0v) is 10.3. The number of fused-ring (bicyclic) bond motifs is 1. The first-order chi connectivity index (χ1) is 7.69. The number of aromatic nitrogens is 2. The summed E-state index contributed by atoms with van der Waals surface area (Å²) in [5, 5.41) is 0.716. The number of hydrogen-bond acceptors (Lipinski definition) is 2. The number of imidazole rings is 1. The van der Waals surface area contributed by atoms with Gasteiger partial charge in [-0.1, -0.05) is 31.5 Å². The lowest BCUT2D eigenvalue weighted by Gasteiger charge is -2.17. The van der Waals surface area contributed by atoms with E-state index >= 15 is 0 Å². The fraction of sp³-hybridized carbons (Fsp3) is 0.417. The van der Waals surface area contributed by atoms with E-state index in [1.807, 2.05) is 18.2 Å². The van der Waals surface area contributed by atoms with Gasteiger partial charge in [-0.25, -0.2) is 4.98 Å². The molecule has 0 bridgehead atoms. The highest BCUT2D eigenvalue weighted by atomic mass is 35.5. The van der Waals surface area contributed by atoms with Gasteiger partial charge in [0.15, 0.2) is 0 Å². The lowest BCUT2D eigenvalue weighted by atomic mass is 10.1. The fourth-order valence-electron chi connectivity index (χ4n) is 2.15. The van der Waals surface area contributed by atoms with Gasteiger partial charge in [-0.3, -0.25) is 0 Å². The minimum atomic E-state index is 0.366. The molecule has 1 aromatic carbocycles. The lowest BCUT2D eigenvalue weighted by molar-refractivity contribution is 0.489. The van der Waals surface area contributed by atoms with E-state index in [9.17, 15) is 0 Å². The van der Waals surface area contributed by atoms with Gasteiger partial charge in [-0.15, -0.1) is 0 Å². The van der Waals surface area contributed by atoms with Crippen molar-refractivity contribution in [1.29, 1.82) is 0 Å². The van der Waals surface area contributed by atoms with Crippen LogP contribution in [0.4, 0.5) is 5.95 Å². The summed E-state index contributed by atoms with van der Waals surface area (Å²) in [7, 11) is 0. The smallest absolute Gasteiger partial charge is 0.201 e. The molecule has 0 radical (unpaired) electrons. The topological polar surface area (TPSA) is 43.8 Å². The maximum atomic E-state index is 6.22. The normalized spacial score (nSPS) is 11.5. The van der Waals surface area contributed by atoms with Crippen molar-refractivity contribution in [3.63, 3.8) is 0 Å². The first-order valence-electron chi connectivity index (χ1n) is 5.61. The summed E-state index contributed by atoms with van der Waals surface area (Å²) in [6.45, 7) is 4.30. The number of anilines is 1. The molecule has 0 aliphatic rings. The average molecular weight is 238 g/mol. The molecule has 0 saturated carbocycles. The summed E-state index contributed by atoms with van der Waals surface area (Å²) in [6.07, 6.45) is 2.05. The molecule has 0 aliphatic heterocycles. The third kappa shape index (κ3) is 1.65. The van der Waals surface area contributed by atoms with E-state index in [4.69, 9.17) is 17.3 Å². The first kappa shape index (κ1) is 11.3. The van der Waals surface area contributed by atoms with E-state index in [-0.39, 0.29) is 0 Å². The Labute approximate surface area is 100 Å². The average Bonchev–Trinajstić information content (AvgIpc) is 2.59. The summed E-state index contributed by atoms with van der Waals surface area (Å²) >= 11 is 6.22. The van der Waals surface area contributed by atoms with Gasteiger partial charge in [0.2, 0.25) is 5.95 Å². The van der Waals surface area contributed by atoms with Gasteiger partial charge in [0.1, 0.15) is 0 Å². The van der Waals surface area contributed by atoms with Crippen molar-refractivity contribution in [2.24, 2.45) is 0 Å². The van der Waals surface area contributed by atoms with E-state index < -0.39 is 0 Å². The van der Waals surface area contributed by atoms with Crippen molar-refractivity contribution in [2.75, 3.05) is 5.73 Å². The predicted molar refractivity (Wildman–Crippen MR) is 68.8 cm³/mol. The lowest BCUT2D eigenvalue weighted by Crippen LogP contribution is -2.10. The van der Waals surface area contributed by atoms with Gasteiger partial charge in [0.05, 0.1) is 16.1 Å². The molecular weight excluding hydrogens is 222 g/mol. The van der Waals surface area contributed by atoms with E-state index in [2.05, 4.69) is 23.4 Å². The number of halogens is 1. The van der Waals surface area contributed by atoms with Crippen molar-refractivity contribution in [1.82, 2.24) is 9.55 Å². The van der Waals surface area contributed by atoms with Crippen LogP contribution >= 0.6 is 11.6 Å². The zero-order valence-electron chi connectivity index (χ0n) is 9.57. The monoisotopic (exact) mass is 237 g/mol. The Morgan fingerprint density at radius 1 is 1.38 bits per heavy atom. The van der Waals surface area contributed by atoms with Crippen LogP contribution in [-0.2, 0) is 0 Å². The molecule has 0 saturated heterocycles. The second-order valence-electron chi connectivity index (χ2n) is 3.92. The Hall–Kier alpha value is -1.22. The Bertz CT molecular complexity index is 500. The molecule has 1 heterocycles. The summed E-state index contributed by atoms with van der Waals surface area (Å²) < 4.78 is 2.05. The zero-order chi connectivity index (χ0) is 11.7. The van der Waals surface area contributed by atoms with Crippen LogP contribution in [0.3, 0.4) is 0 Å². The van der Waals surface area contributed by atoms with Crippen LogP contribution in [0.5, 0.6) is 0 Å². The van der Waals surface area contributed by atoms with Crippen LogP contribution in [0.15, 0.2) is 18.2 Å². The largest absolute Gasteiger partial charge is 0.369 e. The van der Waals surface area contributed by atoms with E-state index in [1.54, 1.807) is 0 Å². The van der Waals surface area contributed by atoms with E-state index in [0.717, 1.165) is 23.9 Å². The number of benzene rings is 1. The number of para-hydroxylation sites is 1. The van der Waals surface area contributed by atoms with Gasteiger partial charge < -0.3 is 10.3 Å². The van der Waals surface area contributed by atoms with Gasteiger partial charge in [0, 0.05) is 6.04 Å². The maximum absolute atomic E-state index is 6.22. The molecule has 4 heteroatoms. The third-order valence-corrected chi connectivity index (χ3v) is 3.30. The molecule has 2 N–H and O–H groups in total. The number of nitrogens with two attached hydrogens (primary N) is 1. The van der Waals surface area contributed by atoms with Gasteiger partial charge in [0.25, 0.3) is 0 Å². The highest BCUT2D eigenvalue weighted by Crippen LogP contribution is 2.31. The van der Waals surface area contributed by atoms with Gasteiger partial charge in [-0.05, 0) is 25.0 Å². The van der Waals surface area contributed by atoms with Crippen molar-refractivity contribution in [2.45, 2.75) is 32.7 Å². The Kier molecular flexibility index (Phi) is 3.06. The molecule has 16 heavy (non-hydrogen) atoms. The van der Waals surface area contributed by atoms with Crippen LogP contribution in [0.2, 0.25) is 5.02 Å². The quantitative estimate of drug-likeness (QED) is 0.886. The molecule has 3 nitrogen and oxygen atoms in total. The number of rotatable bonds is 3. The van der Waals surface area contributed by atoms with Crippen LogP contribution in [-0.4, -0.2) is 9.55 Å². The summed E-state index contributed by atoms with van der Waals surface area (Å²) in [6, 6.07) is 6.08. The number of nitrogen functional groups attached to an aromatic ring is 1. The molecule has 0 spiro atoms. The summed E-state index contributed by atoms with van der Waals surface area (Å²) in [4.78, 5) is 4.35. The first-order valence-corrected chi connectivity index (χ1v) is 5.98. The van der Waals surface area contributed by atoms with Crippen molar-refractivity contribution < 1.29 is 0 Å². The molecule has 0 unspecified atom stereocenters. The second kappa shape index (κ2) is 4.34. The molecule has 86 valence electrons. The van der Waals surface area contributed by atoms with Gasteiger partial charge >= 0.3 is 0 Å². The fourth-order valence-corrected chi connectivity index (χ4v) is 2.41. The molecule has 0 amide bonds. The highest BCUT2D eigenvalue weighted by molar-refractivity contribution is 6.35. The standard InChI is InChI=1S/C12H16ClN3/c1-3-8(4-2)16-11-9(13)6-5-7-10(11)15-12(16)14/h5-8H,3-4H2,1-2H3,(H2,14,15). The van der Waals surface area contributed by atoms with Crippen LogP contribution in [0.25, 0.3) is 11.0 Å². The molecule has 0 fully saturated rings. The Morgan fingerprint density at radius 2 is 2.06 bits per heavy atom. The minimum Gasteiger partial charge on any atom is -0.369 e. The third-order valence-electron chi connectivity index (χ3n) is 3.00. The second-order valence-corrected chi connectivity index (χ2v) is 4.33. The van der Waals surface area contributed by atoms with Crippen molar-refractivity contribution >= 4 is 28.6 Å². The Morgan fingerprint density at radius 3 is 2.69 bits per heavy atom. The van der Waals surface area contributed by atoms with E-state index in [0.29, 0.717) is 17.0 Å². The summed E-state index contributed by atoms with van der Waals surface area (Å²) in [5.74, 6) is 0.553. The van der Waals surface area contributed by atoms with Gasteiger partial charge in [-0.2, -0.15) is 0 Å². The van der Waals surface area contributed by atoms with Crippen LogP contribution in [0.1, 0.15) is 32.7 Å². The molecular formula is C12H16ClN3. The Balaban J connectivity index is 2.71. The number of nitrogens with zero attached hydrogens (tertiary/aromatic N) is 2.